The number of hydrogen-bond donors (Lipinski definition) is 2. The van der Waals surface area contributed by atoms with Crippen molar-refractivity contribution in [3.63, 3.8) is 0 Å². The Hall–Kier alpha value is -2.06. The van der Waals surface area contributed by atoms with Crippen LogP contribution in [0.25, 0.3) is 0 Å². The molecule has 1 fully saturated rings. The van der Waals surface area contributed by atoms with Crippen molar-refractivity contribution in [1.82, 2.24) is 10.2 Å². The van der Waals surface area contributed by atoms with Gasteiger partial charge >= 0.3 is 0 Å². The van der Waals surface area contributed by atoms with Gasteiger partial charge in [-0.2, -0.15) is 0 Å². The Kier molecular flexibility index (Phi) is 6.42. The number of amides is 2. The first-order chi connectivity index (χ1) is 11.0. The van der Waals surface area contributed by atoms with Crippen LogP contribution < -0.4 is 10.6 Å². The van der Waals surface area contributed by atoms with Crippen LogP contribution in [0.2, 0.25) is 0 Å². The fourth-order valence-electron chi connectivity index (χ4n) is 2.17. The summed E-state index contributed by atoms with van der Waals surface area (Å²) in [6.07, 6.45) is -0.417. The number of morpholine rings is 1. The van der Waals surface area contributed by atoms with Gasteiger partial charge in [0.05, 0.1) is 18.9 Å². The van der Waals surface area contributed by atoms with E-state index in [9.17, 15) is 18.4 Å². The zero-order valence-electron chi connectivity index (χ0n) is 12.6. The minimum Gasteiger partial charge on any atom is -0.379 e. The number of benzene rings is 1. The Morgan fingerprint density at radius 2 is 1.91 bits per heavy atom. The second-order valence-electron chi connectivity index (χ2n) is 5.15. The molecule has 8 heteroatoms. The fraction of sp³-hybridized carbons (Fsp3) is 0.467. The SMILES string of the molecule is O=C(CC(=O)Nc1ccc(F)cc1F)NCCN1CCOCC1. The molecule has 0 aliphatic carbocycles. The first kappa shape index (κ1) is 17.3. The maximum absolute atomic E-state index is 13.4. The van der Waals surface area contributed by atoms with Crippen LogP contribution in [0, 0.1) is 11.6 Å². The van der Waals surface area contributed by atoms with E-state index in [-0.39, 0.29) is 5.69 Å². The summed E-state index contributed by atoms with van der Waals surface area (Å²) in [5.41, 5.74) is -0.155. The summed E-state index contributed by atoms with van der Waals surface area (Å²) < 4.78 is 31.4. The van der Waals surface area contributed by atoms with Gasteiger partial charge in [-0.25, -0.2) is 8.78 Å². The maximum Gasteiger partial charge on any atom is 0.233 e. The van der Waals surface area contributed by atoms with E-state index in [4.69, 9.17) is 4.74 Å². The van der Waals surface area contributed by atoms with Crippen LogP contribution in [0.3, 0.4) is 0 Å². The quantitative estimate of drug-likeness (QED) is 0.756. The molecule has 2 amide bonds. The summed E-state index contributed by atoms with van der Waals surface area (Å²) >= 11 is 0. The number of ether oxygens (including phenoxy) is 1. The molecule has 6 nitrogen and oxygen atoms in total. The lowest BCUT2D eigenvalue weighted by Gasteiger charge is -2.26. The summed E-state index contributed by atoms with van der Waals surface area (Å²) in [5.74, 6) is -2.72. The molecule has 23 heavy (non-hydrogen) atoms. The highest BCUT2D eigenvalue weighted by Crippen LogP contribution is 2.14. The topological polar surface area (TPSA) is 70.7 Å². The van der Waals surface area contributed by atoms with Crippen LogP contribution in [0.4, 0.5) is 14.5 Å². The highest BCUT2D eigenvalue weighted by Gasteiger charge is 2.13. The third-order valence-electron chi connectivity index (χ3n) is 3.38. The second kappa shape index (κ2) is 8.54. The summed E-state index contributed by atoms with van der Waals surface area (Å²) in [4.78, 5) is 25.5. The molecular formula is C15H19F2N3O3. The summed E-state index contributed by atoms with van der Waals surface area (Å²) in [6, 6.07) is 2.80. The minimum atomic E-state index is -0.883. The molecule has 1 saturated heterocycles. The predicted molar refractivity (Wildman–Crippen MR) is 79.9 cm³/mol. The maximum atomic E-state index is 13.4. The molecule has 0 unspecified atom stereocenters. The average molecular weight is 327 g/mol. The fourth-order valence-corrected chi connectivity index (χ4v) is 2.17. The number of carbonyl (C=O) groups excluding carboxylic acids is 2. The number of nitrogens with one attached hydrogen (secondary N) is 2. The van der Waals surface area contributed by atoms with Crippen LogP contribution in [-0.4, -0.2) is 56.1 Å². The van der Waals surface area contributed by atoms with E-state index in [1.54, 1.807) is 0 Å². The lowest BCUT2D eigenvalue weighted by molar-refractivity contribution is -0.126. The van der Waals surface area contributed by atoms with Crippen LogP contribution in [0.5, 0.6) is 0 Å². The predicted octanol–water partition coefficient (Wildman–Crippen LogP) is 0.742. The molecule has 0 atom stereocenters. The summed E-state index contributed by atoms with van der Waals surface area (Å²) in [7, 11) is 0. The van der Waals surface area contributed by atoms with Crippen molar-refractivity contribution in [3.05, 3.63) is 29.8 Å². The van der Waals surface area contributed by atoms with Gasteiger partial charge in [-0.3, -0.25) is 14.5 Å². The number of halogens is 2. The Balaban J connectivity index is 1.68. The van der Waals surface area contributed by atoms with Gasteiger partial charge in [0, 0.05) is 32.2 Å². The van der Waals surface area contributed by atoms with E-state index in [2.05, 4.69) is 15.5 Å². The highest BCUT2D eigenvalue weighted by atomic mass is 19.1. The molecule has 1 aliphatic rings. The minimum absolute atomic E-state index is 0.155. The molecule has 2 N–H and O–H groups in total. The van der Waals surface area contributed by atoms with Gasteiger partial charge in [0.25, 0.3) is 0 Å². The number of hydrogen-bond acceptors (Lipinski definition) is 4. The van der Waals surface area contributed by atoms with Gasteiger partial charge in [0.1, 0.15) is 18.1 Å². The van der Waals surface area contributed by atoms with Crippen molar-refractivity contribution in [2.75, 3.05) is 44.7 Å². The molecule has 0 spiro atoms. The molecule has 2 rings (SSSR count). The zero-order chi connectivity index (χ0) is 16.7. The monoisotopic (exact) mass is 327 g/mol. The van der Waals surface area contributed by atoms with Gasteiger partial charge in [-0.15, -0.1) is 0 Å². The van der Waals surface area contributed by atoms with E-state index in [0.717, 1.165) is 25.2 Å². The molecule has 0 radical (unpaired) electrons. The lowest BCUT2D eigenvalue weighted by Crippen LogP contribution is -2.41. The van der Waals surface area contributed by atoms with Crippen LogP contribution >= 0.6 is 0 Å². The summed E-state index contributed by atoms with van der Waals surface area (Å²) in [5, 5.41) is 4.87. The molecule has 1 heterocycles. The number of anilines is 1. The molecule has 1 aromatic rings. The van der Waals surface area contributed by atoms with E-state index in [0.29, 0.717) is 32.4 Å². The molecule has 126 valence electrons. The molecule has 1 aromatic carbocycles. The largest absolute Gasteiger partial charge is 0.379 e. The van der Waals surface area contributed by atoms with Crippen molar-refractivity contribution >= 4 is 17.5 Å². The van der Waals surface area contributed by atoms with Gasteiger partial charge < -0.3 is 15.4 Å². The van der Waals surface area contributed by atoms with Crippen molar-refractivity contribution in [2.24, 2.45) is 0 Å². The Morgan fingerprint density at radius 1 is 1.17 bits per heavy atom. The smallest absolute Gasteiger partial charge is 0.233 e. The highest BCUT2D eigenvalue weighted by molar-refractivity contribution is 6.03. The van der Waals surface area contributed by atoms with Crippen molar-refractivity contribution < 1.29 is 23.1 Å². The Bertz CT molecular complexity index is 563. The first-order valence-electron chi connectivity index (χ1n) is 7.36. The third-order valence-corrected chi connectivity index (χ3v) is 3.38. The number of rotatable bonds is 6. The standard InChI is InChI=1S/C15H19F2N3O3/c16-11-1-2-13(12(17)9-11)19-15(22)10-14(21)18-3-4-20-5-7-23-8-6-20/h1-2,9H,3-8,10H2,(H,18,21)(H,19,22). The first-order valence-corrected chi connectivity index (χ1v) is 7.36. The van der Waals surface area contributed by atoms with Gasteiger partial charge in [-0.1, -0.05) is 0 Å². The van der Waals surface area contributed by atoms with Crippen molar-refractivity contribution in [2.45, 2.75) is 6.42 Å². The van der Waals surface area contributed by atoms with E-state index >= 15 is 0 Å². The van der Waals surface area contributed by atoms with Crippen LogP contribution in [-0.2, 0) is 14.3 Å². The van der Waals surface area contributed by atoms with Crippen LogP contribution in [0.15, 0.2) is 18.2 Å². The second-order valence-corrected chi connectivity index (χ2v) is 5.15. The molecular weight excluding hydrogens is 308 g/mol. The Morgan fingerprint density at radius 3 is 2.61 bits per heavy atom. The Labute approximate surface area is 132 Å². The number of nitrogens with zero attached hydrogens (tertiary/aromatic N) is 1. The molecule has 0 bridgehead atoms. The molecule has 1 aliphatic heterocycles. The van der Waals surface area contributed by atoms with Gasteiger partial charge in [0.2, 0.25) is 11.8 Å². The van der Waals surface area contributed by atoms with E-state index in [1.165, 1.54) is 0 Å². The number of carbonyl (C=O) groups is 2. The molecule has 0 aromatic heterocycles. The van der Waals surface area contributed by atoms with Crippen LogP contribution in [0.1, 0.15) is 6.42 Å². The third kappa shape index (κ3) is 5.91. The van der Waals surface area contributed by atoms with E-state index < -0.39 is 29.9 Å². The molecule has 0 saturated carbocycles. The van der Waals surface area contributed by atoms with Gasteiger partial charge in [-0.05, 0) is 12.1 Å². The van der Waals surface area contributed by atoms with Gasteiger partial charge in [0.15, 0.2) is 0 Å². The normalized spacial score (nSPS) is 15.2. The average Bonchev–Trinajstić information content (AvgIpc) is 2.51. The van der Waals surface area contributed by atoms with Crippen molar-refractivity contribution in [1.29, 1.82) is 0 Å². The van der Waals surface area contributed by atoms with E-state index in [1.807, 2.05) is 0 Å². The lowest BCUT2D eigenvalue weighted by atomic mass is 10.2. The zero-order valence-corrected chi connectivity index (χ0v) is 12.6. The summed E-state index contributed by atoms with van der Waals surface area (Å²) in [6.45, 7) is 4.11. The van der Waals surface area contributed by atoms with Crippen molar-refractivity contribution in [3.8, 4) is 0 Å².